The van der Waals surface area contributed by atoms with Gasteiger partial charge in [-0.2, -0.15) is 0 Å². The number of rotatable bonds is 2. The molecular formula is C14H14OS3. The van der Waals surface area contributed by atoms with E-state index >= 15 is 0 Å². The lowest BCUT2D eigenvalue weighted by Crippen LogP contribution is -2.17. The molecule has 2 heterocycles. The number of aryl methyl sites for hydroxylation is 2. The van der Waals surface area contributed by atoms with Crippen LogP contribution in [0, 0.1) is 13.8 Å². The third kappa shape index (κ3) is 2.42. The van der Waals surface area contributed by atoms with Gasteiger partial charge in [-0.25, -0.2) is 0 Å². The number of benzene rings is 1. The van der Waals surface area contributed by atoms with Crippen molar-refractivity contribution in [3.05, 3.63) is 40.1 Å². The first kappa shape index (κ1) is 12.5. The summed E-state index contributed by atoms with van der Waals surface area (Å²) in [7, 11) is 0. The van der Waals surface area contributed by atoms with E-state index in [1.807, 2.05) is 65.2 Å². The molecule has 0 aliphatic carbocycles. The molecule has 1 unspecified atom stereocenters. The average molecular weight is 294 g/mol. The van der Waals surface area contributed by atoms with E-state index in [2.05, 4.69) is 13.8 Å². The van der Waals surface area contributed by atoms with Crippen LogP contribution in [0.1, 0.15) is 9.75 Å². The predicted octanol–water partition coefficient (Wildman–Crippen LogP) is 4.97. The first-order valence-corrected chi connectivity index (χ1v) is 8.53. The van der Waals surface area contributed by atoms with E-state index in [0.717, 1.165) is 11.5 Å². The summed E-state index contributed by atoms with van der Waals surface area (Å²) in [6, 6.07) is 10.1. The zero-order chi connectivity index (χ0) is 12.5. The van der Waals surface area contributed by atoms with Crippen LogP contribution < -0.4 is 4.74 Å². The number of ether oxygens (including phenoxy) is 1. The van der Waals surface area contributed by atoms with Crippen molar-refractivity contribution in [2.45, 2.75) is 29.1 Å². The molecule has 1 atom stereocenters. The van der Waals surface area contributed by atoms with Crippen LogP contribution in [0.2, 0.25) is 0 Å². The maximum atomic E-state index is 6.02. The maximum Gasteiger partial charge on any atom is 0.158 e. The van der Waals surface area contributed by atoms with Crippen molar-refractivity contribution in [1.82, 2.24) is 0 Å². The Kier molecular flexibility index (Phi) is 3.59. The molecule has 0 spiro atoms. The molecule has 4 heteroatoms. The summed E-state index contributed by atoms with van der Waals surface area (Å²) in [5, 5.41) is 0. The summed E-state index contributed by atoms with van der Waals surface area (Å²) < 4.78 is 6.02. The van der Waals surface area contributed by atoms with Gasteiger partial charge < -0.3 is 4.74 Å². The van der Waals surface area contributed by atoms with E-state index < -0.39 is 0 Å². The van der Waals surface area contributed by atoms with E-state index in [9.17, 15) is 0 Å². The monoisotopic (exact) mass is 294 g/mol. The zero-order valence-corrected chi connectivity index (χ0v) is 12.8. The Morgan fingerprint density at radius 1 is 1.06 bits per heavy atom. The number of thiophene rings is 1. The van der Waals surface area contributed by atoms with Gasteiger partial charge in [0.15, 0.2) is 5.44 Å². The van der Waals surface area contributed by atoms with Crippen molar-refractivity contribution >= 4 is 34.9 Å². The topological polar surface area (TPSA) is 9.23 Å². The van der Waals surface area contributed by atoms with Crippen molar-refractivity contribution in [2.75, 3.05) is 5.75 Å². The minimum absolute atomic E-state index is 0.220. The second-order valence-corrected chi connectivity index (χ2v) is 7.79. The van der Waals surface area contributed by atoms with Crippen LogP contribution in [0.25, 0.3) is 0 Å². The number of hydrogen-bond acceptors (Lipinski definition) is 4. The van der Waals surface area contributed by atoms with Crippen molar-refractivity contribution in [3.8, 4) is 5.75 Å². The third-order valence-electron chi connectivity index (χ3n) is 2.78. The van der Waals surface area contributed by atoms with Crippen LogP contribution in [0.15, 0.2) is 40.1 Å². The molecular weight excluding hydrogens is 280 g/mol. The highest BCUT2D eigenvalue weighted by Crippen LogP contribution is 2.48. The normalized spacial score (nSPS) is 18.4. The van der Waals surface area contributed by atoms with Crippen LogP contribution in [-0.2, 0) is 0 Å². The summed E-state index contributed by atoms with van der Waals surface area (Å²) in [5.74, 6) is 1.98. The fourth-order valence-corrected chi connectivity index (χ4v) is 6.02. The lowest BCUT2D eigenvalue weighted by Gasteiger charge is -2.23. The molecule has 1 aromatic carbocycles. The average Bonchev–Trinajstić information content (AvgIpc) is 2.66. The molecule has 1 aromatic heterocycles. The van der Waals surface area contributed by atoms with Gasteiger partial charge in [0.05, 0.1) is 0 Å². The van der Waals surface area contributed by atoms with E-state index in [4.69, 9.17) is 4.74 Å². The van der Waals surface area contributed by atoms with Crippen molar-refractivity contribution < 1.29 is 4.74 Å². The number of fused-ring (bicyclic) bond motifs is 1. The highest BCUT2D eigenvalue weighted by Gasteiger charge is 2.25. The van der Waals surface area contributed by atoms with Crippen LogP contribution in [0.3, 0.4) is 0 Å². The first-order valence-electron chi connectivity index (χ1n) is 5.85. The minimum Gasteiger partial charge on any atom is -0.479 e. The Balaban J connectivity index is 1.77. The molecule has 94 valence electrons. The molecule has 3 rings (SSSR count). The molecule has 2 aromatic rings. The van der Waals surface area contributed by atoms with Gasteiger partial charge in [-0.15, -0.1) is 23.1 Å². The fourth-order valence-electron chi connectivity index (χ4n) is 1.97. The molecule has 1 aliphatic heterocycles. The largest absolute Gasteiger partial charge is 0.479 e. The number of para-hydroxylation sites is 1. The van der Waals surface area contributed by atoms with Gasteiger partial charge in [0.2, 0.25) is 0 Å². The first-order chi connectivity index (χ1) is 8.74. The summed E-state index contributed by atoms with van der Waals surface area (Å²) in [4.78, 5) is 5.75. The standard InChI is InChI=1S/C14H14OS3/c1-9-13-14(10(2)17-9)18-12(8-16-13)15-11-6-4-3-5-7-11/h3-7,12H,8H2,1-2H3. The van der Waals surface area contributed by atoms with Gasteiger partial charge in [-0.3, -0.25) is 0 Å². The second-order valence-electron chi connectivity index (χ2n) is 4.16. The number of hydrogen-bond donors (Lipinski definition) is 0. The van der Waals surface area contributed by atoms with Crippen LogP contribution in [0.4, 0.5) is 0 Å². The molecule has 0 bridgehead atoms. The Hall–Kier alpha value is -0.580. The zero-order valence-electron chi connectivity index (χ0n) is 10.3. The summed E-state index contributed by atoms with van der Waals surface area (Å²) in [6.07, 6.45) is 0. The molecule has 0 amide bonds. The molecule has 0 saturated heterocycles. The van der Waals surface area contributed by atoms with Crippen molar-refractivity contribution in [1.29, 1.82) is 0 Å². The third-order valence-corrected chi connectivity index (χ3v) is 6.94. The molecule has 1 nitrogen and oxygen atoms in total. The van der Waals surface area contributed by atoms with Gasteiger partial charge in [0.1, 0.15) is 5.75 Å². The molecule has 0 saturated carbocycles. The van der Waals surface area contributed by atoms with Crippen LogP contribution >= 0.6 is 34.9 Å². The second kappa shape index (κ2) is 5.19. The highest BCUT2D eigenvalue weighted by atomic mass is 32.2. The van der Waals surface area contributed by atoms with E-state index in [1.54, 1.807) is 0 Å². The summed E-state index contributed by atoms with van der Waals surface area (Å²) in [6.45, 7) is 4.41. The van der Waals surface area contributed by atoms with Crippen molar-refractivity contribution in [2.24, 2.45) is 0 Å². The molecule has 0 radical (unpaired) electrons. The lowest BCUT2D eigenvalue weighted by molar-refractivity contribution is 0.311. The Labute approximate surface area is 120 Å². The van der Waals surface area contributed by atoms with E-state index in [-0.39, 0.29) is 5.44 Å². The predicted molar refractivity (Wildman–Crippen MR) is 81.2 cm³/mol. The van der Waals surface area contributed by atoms with Gasteiger partial charge in [0, 0.05) is 25.3 Å². The summed E-state index contributed by atoms with van der Waals surface area (Å²) in [5.41, 5.74) is 0.220. The smallest absolute Gasteiger partial charge is 0.158 e. The van der Waals surface area contributed by atoms with Gasteiger partial charge >= 0.3 is 0 Å². The molecule has 1 aliphatic rings. The quantitative estimate of drug-likeness (QED) is 0.774. The summed E-state index contributed by atoms with van der Waals surface area (Å²) >= 11 is 5.69. The SMILES string of the molecule is Cc1sc(C)c2c1SCC(Oc1ccccc1)S2. The maximum absolute atomic E-state index is 6.02. The van der Waals surface area contributed by atoms with Gasteiger partial charge in [0.25, 0.3) is 0 Å². The van der Waals surface area contributed by atoms with Crippen molar-refractivity contribution in [3.63, 3.8) is 0 Å². The Bertz CT molecular complexity index is 548. The van der Waals surface area contributed by atoms with Crippen LogP contribution in [0.5, 0.6) is 5.75 Å². The fraction of sp³-hybridized carbons (Fsp3) is 0.286. The molecule has 0 fully saturated rings. The molecule has 0 N–H and O–H groups in total. The Morgan fingerprint density at radius 2 is 1.78 bits per heavy atom. The minimum atomic E-state index is 0.220. The van der Waals surface area contributed by atoms with Gasteiger partial charge in [-0.05, 0) is 26.0 Å². The highest BCUT2D eigenvalue weighted by molar-refractivity contribution is 8.06. The van der Waals surface area contributed by atoms with E-state index in [0.29, 0.717) is 0 Å². The molecule has 18 heavy (non-hydrogen) atoms. The van der Waals surface area contributed by atoms with E-state index in [1.165, 1.54) is 19.5 Å². The number of thioether (sulfide) groups is 2. The van der Waals surface area contributed by atoms with Crippen LogP contribution in [-0.4, -0.2) is 11.2 Å². The lowest BCUT2D eigenvalue weighted by atomic mass is 10.3. The van der Waals surface area contributed by atoms with Gasteiger partial charge in [-0.1, -0.05) is 30.0 Å². The Morgan fingerprint density at radius 3 is 2.56 bits per heavy atom.